The highest BCUT2D eigenvalue weighted by atomic mass is 35.5. The summed E-state index contributed by atoms with van der Waals surface area (Å²) in [7, 11) is 2.01. The molecule has 0 bridgehead atoms. The fourth-order valence-electron chi connectivity index (χ4n) is 1.67. The van der Waals surface area contributed by atoms with Crippen molar-refractivity contribution in [1.82, 2.24) is 9.88 Å². The first kappa shape index (κ1) is 13.6. The maximum Gasteiger partial charge on any atom is 0.180 e. The molecule has 18 heavy (non-hydrogen) atoms. The fourth-order valence-corrected chi connectivity index (χ4v) is 2.95. The number of nitrogens with two attached hydrogens (primary N) is 1. The first-order valence-electron chi connectivity index (χ1n) is 5.38. The predicted molar refractivity (Wildman–Crippen MR) is 78.2 cm³/mol. The van der Waals surface area contributed by atoms with E-state index in [2.05, 4.69) is 9.88 Å². The lowest BCUT2D eigenvalue weighted by molar-refractivity contribution is 0.322. The maximum absolute atomic E-state index is 6.14. The van der Waals surface area contributed by atoms with Crippen LogP contribution in [0.25, 0.3) is 0 Å². The van der Waals surface area contributed by atoms with Gasteiger partial charge in [0.15, 0.2) is 5.13 Å². The van der Waals surface area contributed by atoms with Crippen molar-refractivity contribution in [2.75, 3.05) is 12.8 Å². The third-order valence-electron chi connectivity index (χ3n) is 2.49. The van der Waals surface area contributed by atoms with Crippen molar-refractivity contribution in [2.45, 2.75) is 13.1 Å². The second-order valence-corrected chi connectivity index (χ2v) is 6.00. The van der Waals surface area contributed by atoms with E-state index in [-0.39, 0.29) is 0 Å². The monoisotopic (exact) mass is 301 g/mol. The number of rotatable bonds is 4. The van der Waals surface area contributed by atoms with Crippen molar-refractivity contribution in [3.8, 4) is 0 Å². The van der Waals surface area contributed by atoms with Gasteiger partial charge in [0.2, 0.25) is 0 Å². The number of anilines is 1. The van der Waals surface area contributed by atoms with Crippen molar-refractivity contribution >= 4 is 39.7 Å². The van der Waals surface area contributed by atoms with Gasteiger partial charge in [0, 0.05) is 39.8 Å². The van der Waals surface area contributed by atoms with Gasteiger partial charge < -0.3 is 5.73 Å². The highest BCUT2D eigenvalue weighted by Crippen LogP contribution is 2.26. The van der Waals surface area contributed by atoms with Crippen LogP contribution in [-0.2, 0) is 13.1 Å². The second-order valence-electron chi connectivity index (χ2n) is 4.04. The molecule has 0 unspecified atom stereocenters. The Morgan fingerprint density at radius 1 is 1.28 bits per heavy atom. The maximum atomic E-state index is 6.14. The van der Waals surface area contributed by atoms with Crippen molar-refractivity contribution in [2.24, 2.45) is 0 Å². The number of halogens is 2. The lowest BCUT2D eigenvalue weighted by Crippen LogP contribution is -2.17. The van der Waals surface area contributed by atoms with E-state index < -0.39 is 0 Å². The minimum absolute atomic E-state index is 0.592. The minimum Gasteiger partial charge on any atom is -0.375 e. The zero-order valence-corrected chi connectivity index (χ0v) is 12.2. The lowest BCUT2D eigenvalue weighted by Gasteiger charge is -2.17. The summed E-state index contributed by atoms with van der Waals surface area (Å²) >= 11 is 13.8. The summed E-state index contributed by atoms with van der Waals surface area (Å²) in [5.74, 6) is 0. The summed E-state index contributed by atoms with van der Waals surface area (Å²) in [5.41, 5.74) is 6.55. The average molecular weight is 302 g/mol. The molecule has 0 amide bonds. The second kappa shape index (κ2) is 5.89. The fraction of sp³-hybridized carbons (Fsp3) is 0.250. The summed E-state index contributed by atoms with van der Waals surface area (Å²) in [6.07, 6.45) is 1.80. The molecule has 2 aromatic rings. The van der Waals surface area contributed by atoms with E-state index >= 15 is 0 Å². The SMILES string of the molecule is CN(Cc1cnc(N)s1)Cc1c(Cl)cccc1Cl. The molecule has 0 aliphatic rings. The van der Waals surface area contributed by atoms with Gasteiger partial charge in [-0.15, -0.1) is 11.3 Å². The molecule has 0 atom stereocenters. The minimum atomic E-state index is 0.592. The normalized spacial score (nSPS) is 11.1. The van der Waals surface area contributed by atoms with Gasteiger partial charge in [0.05, 0.1) is 0 Å². The van der Waals surface area contributed by atoms with Crippen LogP contribution < -0.4 is 5.73 Å². The molecule has 0 aliphatic carbocycles. The number of aromatic nitrogens is 1. The topological polar surface area (TPSA) is 42.2 Å². The first-order chi connectivity index (χ1) is 8.56. The van der Waals surface area contributed by atoms with Crippen LogP contribution in [0.2, 0.25) is 10.0 Å². The van der Waals surface area contributed by atoms with Gasteiger partial charge in [0.1, 0.15) is 0 Å². The van der Waals surface area contributed by atoms with Gasteiger partial charge in [-0.3, -0.25) is 4.90 Å². The van der Waals surface area contributed by atoms with Crippen LogP contribution in [0.3, 0.4) is 0 Å². The average Bonchev–Trinajstić information content (AvgIpc) is 2.69. The van der Waals surface area contributed by atoms with E-state index in [4.69, 9.17) is 28.9 Å². The molecule has 1 heterocycles. The molecular weight excluding hydrogens is 289 g/mol. The third-order valence-corrected chi connectivity index (χ3v) is 4.01. The van der Waals surface area contributed by atoms with Gasteiger partial charge >= 0.3 is 0 Å². The molecule has 0 aliphatic heterocycles. The summed E-state index contributed by atoms with van der Waals surface area (Å²) in [6, 6.07) is 5.54. The van der Waals surface area contributed by atoms with E-state index in [1.807, 2.05) is 25.2 Å². The van der Waals surface area contributed by atoms with E-state index in [0.717, 1.165) is 17.0 Å². The largest absolute Gasteiger partial charge is 0.375 e. The van der Waals surface area contributed by atoms with E-state index in [1.54, 1.807) is 6.20 Å². The molecule has 0 radical (unpaired) electrons. The predicted octanol–water partition coefficient (Wildman–Crippen LogP) is 3.66. The van der Waals surface area contributed by atoms with Crippen molar-refractivity contribution < 1.29 is 0 Å². The smallest absolute Gasteiger partial charge is 0.180 e. The standard InChI is InChI=1S/C12H13Cl2N3S/c1-17(6-8-5-16-12(15)18-8)7-9-10(13)3-2-4-11(9)14/h2-5H,6-7H2,1H3,(H2,15,16). The molecule has 0 spiro atoms. The Hall–Kier alpha value is -0.810. The van der Waals surface area contributed by atoms with Gasteiger partial charge in [-0.05, 0) is 19.2 Å². The van der Waals surface area contributed by atoms with Crippen molar-refractivity contribution in [3.05, 3.63) is 44.9 Å². The molecule has 0 fully saturated rings. The van der Waals surface area contributed by atoms with Crippen LogP contribution in [0.1, 0.15) is 10.4 Å². The van der Waals surface area contributed by atoms with E-state index in [1.165, 1.54) is 11.3 Å². The van der Waals surface area contributed by atoms with E-state index in [0.29, 0.717) is 21.7 Å². The van der Waals surface area contributed by atoms with Crippen molar-refractivity contribution in [1.29, 1.82) is 0 Å². The van der Waals surface area contributed by atoms with Gasteiger partial charge in [-0.1, -0.05) is 29.3 Å². The first-order valence-corrected chi connectivity index (χ1v) is 6.95. The number of nitrogens with zero attached hydrogens (tertiary/aromatic N) is 2. The van der Waals surface area contributed by atoms with Crippen molar-refractivity contribution in [3.63, 3.8) is 0 Å². The third kappa shape index (κ3) is 3.36. The molecule has 2 rings (SSSR count). The Kier molecular flexibility index (Phi) is 4.45. The highest BCUT2D eigenvalue weighted by Gasteiger charge is 2.10. The van der Waals surface area contributed by atoms with Crippen LogP contribution in [0.15, 0.2) is 24.4 Å². The molecular formula is C12H13Cl2N3S. The molecule has 0 saturated heterocycles. The van der Waals surface area contributed by atoms with Crippen LogP contribution in [-0.4, -0.2) is 16.9 Å². The molecule has 1 aromatic heterocycles. The summed E-state index contributed by atoms with van der Waals surface area (Å²) in [6.45, 7) is 1.47. The number of nitrogen functional groups attached to an aromatic ring is 1. The summed E-state index contributed by atoms with van der Waals surface area (Å²) in [4.78, 5) is 7.28. The number of benzene rings is 1. The van der Waals surface area contributed by atoms with Crippen LogP contribution in [0, 0.1) is 0 Å². The molecule has 6 heteroatoms. The Balaban J connectivity index is 2.05. The summed E-state index contributed by atoms with van der Waals surface area (Å²) < 4.78 is 0. The number of hydrogen-bond acceptors (Lipinski definition) is 4. The Bertz CT molecular complexity index is 522. The van der Waals surface area contributed by atoms with E-state index in [9.17, 15) is 0 Å². The lowest BCUT2D eigenvalue weighted by atomic mass is 10.2. The molecule has 1 aromatic carbocycles. The molecule has 2 N–H and O–H groups in total. The highest BCUT2D eigenvalue weighted by molar-refractivity contribution is 7.15. The van der Waals surface area contributed by atoms with Crippen LogP contribution in [0.4, 0.5) is 5.13 Å². The Morgan fingerprint density at radius 2 is 1.94 bits per heavy atom. The molecule has 0 saturated carbocycles. The molecule has 96 valence electrons. The van der Waals surface area contributed by atoms with Gasteiger partial charge in [-0.2, -0.15) is 0 Å². The Morgan fingerprint density at radius 3 is 2.50 bits per heavy atom. The summed E-state index contributed by atoms with van der Waals surface area (Å²) in [5, 5.41) is 1.98. The molecule has 3 nitrogen and oxygen atoms in total. The Labute approximate surface area is 120 Å². The zero-order chi connectivity index (χ0) is 13.1. The van der Waals surface area contributed by atoms with Gasteiger partial charge in [0.25, 0.3) is 0 Å². The van der Waals surface area contributed by atoms with Gasteiger partial charge in [-0.25, -0.2) is 4.98 Å². The van der Waals surface area contributed by atoms with Crippen LogP contribution >= 0.6 is 34.5 Å². The number of thiazole rings is 1. The quantitative estimate of drug-likeness (QED) is 0.937. The zero-order valence-electron chi connectivity index (χ0n) is 9.86. The number of hydrogen-bond donors (Lipinski definition) is 1. The van der Waals surface area contributed by atoms with Crippen LogP contribution in [0.5, 0.6) is 0 Å².